The van der Waals surface area contributed by atoms with E-state index in [1.165, 1.54) is 19.1 Å². The highest BCUT2D eigenvalue weighted by molar-refractivity contribution is 6.46. The number of benzene rings is 3. The predicted molar refractivity (Wildman–Crippen MR) is 143 cm³/mol. The number of aliphatic hydroxyl groups is 1. The van der Waals surface area contributed by atoms with Crippen molar-refractivity contribution in [2.24, 2.45) is 0 Å². The monoisotopic (exact) mass is 517 g/mol. The van der Waals surface area contributed by atoms with Crippen LogP contribution < -0.4 is 18.9 Å². The summed E-state index contributed by atoms with van der Waals surface area (Å²) in [7, 11) is 4.51. The van der Waals surface area contributed by atoms with Gasteiger partial charge < -0.3 is 29.0 Å². The fraction of sp³-hybridized carbons (Fsp3) is 0.267. The second kappa shape index (κ2) is 11.3. The number of hydrogen-bond donors (Lipinski definition) is 1. The predicted octanol–water partition coefficient (Wildman–Crippen LogP) is 5.12. The quantitative estimate of drug-likeness (QED) is 0.239. The standard InChI is InChI=1S/C30H31NO7/c1-18(2)38-21-11-9-19(10-12-21)17-31-27(20-7-6-8-22(15-20)35-3)26(29(33)30(31)34)28(32)24-14-13-23(36-4)16-25(24)37-5/h6-16,18,27,32H,17H2,1-5H3/b28-26-. The van der Waals surface area contributed by atoms with Gasteiger partial charge in [-0.1, -0.05) is 24.3 Å². The van der Waals surface area contributed by atoms with Crippen molar-refractivity contribution in [2.45, 2.75) is 32.5 Å². The molecule has 1 unspecified atom stereocenters. The summed E-state index contributed by atoms with van der Waals surface area (Å²) in [5.74, 6) is 0.263. The van der Waals surface area contributed by atoms with Gasteiger partial charge >= 0.3 is 0 Å². The number of nitrogens with zero attached hydrogens (tertiary/aromatic N) is 1. The summed E-state index contributed by atoms with van der Waals surface area (Å²) >= 11 is 0. The zero-order chi connectivity index (χ0) is 27.4. The molecule has 0 saturated carbocycles. The number of ketones is 1. The SMILES string of the molecule is COc1cccc(C2/C(=C(/O)c3ccc(OC)cc3OC)C(=O)C(=O)N2Cc2ccc(OC(C)C)cc2)c1. The second-order valence-electron chi connectivity index (χ2n) is 9.08. The second-order valence-corrected chi connectivity index (χ2v) is 9.08. The van der Waals surface area contributed by atoms with Crippen molar-refractivity contribution in [3.05, 3.63) is 89.0 Å². The molecule has 0 aliphatic carbocycles. The number of rotatable bonds is 9. The van der Waals surface area contributed by atoms with Crippen LogP contribution in [-0.4, -0.2) is 49.1 Å². The van der Waals surface area contributed by atoms with Crippen LogP contribution in [0.25, 0.3) is 5.76 Å². The molecule has 0 bridgehead atoms. The van der Waals surface area contributed by atoms with Crippen LogP contribution in [0.4, 0.5) is 0 Å². The van der Waals surface area contributed by atoms with Crippen LogP contribution >= 0.6 is 0 Å². The number of ether oxygens (including phenoxy) is 4. The number of carbonyl (C=O) groups excluding carboxylic acids is 2. The molecule has 1 fully saturated rings. The molecule has 3 aromatic carbocycles. The zero-order valence-corrected chi connectivity index (χ0v) is 22.1. The lowest BCUT2D eigenvalue weighted by atomic mass is 9.94. The van der Waals surface area contributed by atoms with Crippen molar-refractivity contribution in [1.29, 1.82) is 0 Å². The Morgan fingerprint density at radius 1 is 0.868 bits per heavy atom. The van der Waals surface area contributed by atoms with Crippen molar-refractivity contribution in [1.82, 2.24) is 4.90 Å². The van der Waals surface area contributed by atoms with E-state index in [1.54, 1.807) is 49.6 Å². The molecule has 8 heteroatoms. The van der Waals surface area contributed by atoms with Gasteiger partial charge in [0.1, 0.15) is 28.8 Å². The average Bonchev–Trinajstić information content (AvgIpc) is 3.18. The number of methoxy groups -OCH3 is 3. The third-order valence-corrected chi connectivity index (χ3v) is 6.26. The Labute approximate surface area is 222 Å². The Kier molecular flexibility index (Phi) is 7.90. The minimum absolute atomic E-state index is 0.0293. The molecule has 1 N–H and O–H groups in total. The smallest absolute Gasteiger partial charge is 0.295 e. The van der Waals surface area contributed by atoms with E-state index in [9.17, 15) is 14.7 Å². The Balaban J connectivity index is 1.83. The van der Waals surface area contributed by atoms with E-state index in [4.69, 9.17) is 18.9 Å². The molecular weight excluding hydrogens is 486 g/mol. The van der Waals surface area contributed by atoms with E-state index >= 15 is 0 Å². The molecule has 4 rings (SSSR count). The number of carbonyl (C=O) groups is 2. The van der Waals surface area contributed by atoms with Gasteiger partial charge in [0.15, 0.2) is 0 Å². The highest BCUT2D eigenvalue weighted by Gasteiger charge is 2.46. The van der Waals surface area contributed by atoms with Crippen LogP contribution in [0.2, 0.25) is 0 Å². The molecular formula is C30H31NO7. The summed E-state index contributed by atoms with van der Waals surface area (Å²) in [5.41, 5.74) is 1.66. The summed E-state index contributed by atoms with van der Waals surface area (Å²) in [5, 5.41) is 11.5. The molecule has 1 aliphatic rings. The van der Waals surface area contributed by atoms with Crippen LogP contribution in [0.15, 0.2) is 72.3 Å². The van der Waals surface area contributed by atoms with Crippen molar-refractivity contribution >= 4 is 17.4 Å². The van der Waals surface area contributed by atoms with Gasteiger partial charge in [-0.25, -0.2) is 0 Å². The van der Waals surface area contributed by atoms with Gasteiger partial charge in [-0.15, -0.1) is 0 Å². The van der Waals surface area contributed by atoms with Gasteiger partial charge in [0, 0.05) is 12.6 Å². The Morgan fingerprint density at radius 3 is 2.16 bits per heavy atom. The van der Waals surface area contributed by atoms with Gasteiger partial charge in [-0.2, -0.15) is 0 Å². The molecule has 1 saturated heterocycles. The molecule has 1 amide bonds. The highest BCUT2D eigenvalue weighted by Crippen LogP contribution is 2.43. The Bertz CT molecular complexity index is 1360. The van der Waals surface area contributed by atoms with Crippen molar-refractivity contribution in [2.75, 3.05) is 21.3 Å². The van der Waals surface area contributed by atoms with Crippen molar-refractivity contribution in [3.63, 3.8) is 0 Å². The molecule has 0 spiro atoms. The average molecular weight is 518 g/mol. The molecule has 8 nitrogen and oxygen atoms in total. The summed E-state index contributed by atoms with van der Waals surface area (Å²) in [6, 6.07) is 18.4. The summed E-state index contributed by atoms with van der Waals surface area (Å²) in [6.45, 7) is 4.03. The van der Waals surface area contributed by atoms with Crippen LogP contribution in [0, 0.1) is 0 Å². The van der Waals surface area contributed by atoms with Gasteiger partial charge in [0.2, 0.25) is 0 Å². The van der Waals surface area contributed by atoms with Gasteiger partial charge in [-0.3, -0.25) is 9.59 Å². The van der Waals surface area contributed by atoms with E-state index in [0.29, 0.717) is 28.6 Å². The molecule has 1 aliphatic heterocycles. The summed E-state index contributed by atoms with van der Waals surface area (Å²) in [4.78, 5) is 28.3. The molecule has 0 aromatic heterocycles. The lowest BCUT2D eigenvalue weighted by molar-refractivity contribution is -0.140. The lowest BCUT2D eigenvalue weighted by Crippen LogP contribution is -2.29. The molecule has 3 aromatic rings. The maximum absolute atomic E-state index is 13.4. The number of likely N-dealkylation sites (tertiary alicyclic amines) is 1. The molecule has 198 valence electrons. The van der Waals surface area contributed by atoms with Crippen molar-refractivity contribution in [3.8, 4) is 23.0 Å². The van der Waals surface area contributed by atoms with Crippen LogP contribution in [0.3, 0.4) is 0 Å². The van der Waals surface area contributed by atoms with Crippen molar-refractivity contribution < 1.29 is 33.6 Å². The van der Waals surface area contributed by atoms with Gasteiger partial charge in [0.25, 0.3) is 11.7 Å². The fourth-order valence-electron chi connectivity index (χ4n) is 4.48. The topological polar surface area (TPSA) is 94.5 Å². The van der Waals surface area contributed by atoms with Gasteiger partial charge in [-0.05, 0) is 61.4 Å². The van der Waals surface area contributed by atoms with Gasteiger partial charge in [0.05, 0.1) is 44.6 Å². The number of hydrogen-bond acceptors (Lipinski definition) is 7. The highest BCUT2D eigenvalue weighted by atomic mass is 16.5. The largest absolute Gasteiger partial charge is 0.507 e. The normalized spacial score (nSPS) is 16.6. The number of Topliss-reactive ketones (excluding diaryl/α,β-unsaturated/α-hetero) is 1. The van der Waals surface area contributed by atoms with Crippen LogP contribution in [0.5, 0.6) is 23.0 Å². The van der Waals surface area contributed by atoms with Crippen LogP contribution in [0.1, 0.15) is 36.6 Å². The Morgan fingerprint density at radius 2 is 1.53 bits per heavy atom. The zero-order valence-electron chi connectivity index (χ0n) is 22.1. The fourth-order valence-corrected chi connectivity index (χ4v) is 4.48. The first-order valence-corrected chi connectivity index (χ1v) is 12.2. The van der Waals surface area contributed by atoms with E-state index in [-0.39, 0.29) is 29.5 Å². The number of amides is 1. The number of aliphatic hydroxyl groups excluding tert-OH is 1. The first kappa shape index (κ1) is 26.6. The lowest BCUT2D eigenvalue weighted by Gasteiger charge is -2.26. The molecule has 1 heterocycles. The van der Waals surface area contributed by atoms with E-state index in [1.807, 2.05) is 38.1 Å². The minimum Gasteiger partial charge on any atom is -0.507 e. The maximum Gasteiger partial charge on any atom is 0.295 e. The van der Waals surface area contributed by atoms with E-state index < -0.39 is 17.7 Å². The first-order valence-electron chi connectivity index (χ1n) is 12.2. The molecule has 38 heavy (non-hydrogen) atoms. The first-order chi connectivity index (χ1) is 18.3. The third-order valence-electron chi connectivity index (χ3n) is 6.26. The van der Waals surface area contributed by atoms with E-state index in [0.717, 1.165) is 5.56 Å². The van der Waals surface area contributed by atoms with Crippen LogP contribution in [-0.2, 0) is 16.1 Å². The maximum atomic E-state index is 13.4. The summed E-state index contributed by atoms with van der Waals surface area (Å²) < 4.78 is 21.8. The molecule has 0 radical (unpaired) electrons. The third kappa shape index (κ3) is 5.29. The Hall–Kier alpha value is -4.46. The van der Waals surface area contributed by atoms with E-state index in [2.05, 4.69) is 0 Å². The summed E-state index contributed by atoms with van der Waals surface area (Å²) in [6.07, 6.45) is 0.0293. The minimum atomic E-state index is -0.858. The molecule has 1 atom stereocenters.